The molecule has 1 heterocycles. The van der Waals surface area contributed by atoms with E-state index in [4.69, 9.17) is 16.3 Å². The van der Waals surface area contributed by atoms with Crippen LogP contribution in [-0.2, 0) is 19.6 Å². The largest absolute Gasteiger partial charge is 0.462 e. The number of unbranched alkanes of at least 4 members (excludes halogenated alkanes) is 9. The van der Waals surface area contributed by atoms with Gasteiger partial charge in [0, 0.05) is 26.3 Å². The number of aliphatic imine (C=N–C) groups is 1. The predicted molar refractivity (Wildman–Crippen MR) is 209 cm³/mol. The Kier molecular flexibility index (Phi) is 14.6. The van der Waals surface area contributed by atoms with Crippen molar-refractivity contribution < 1.29 is 22.7 Å². The standard InChI is InChI=1S/C39H50ClN5O5S/c1-6-8-9-10-11-12-13-14-15-18-25-50-39(47)29-21-23-31(40)33(27-29)42-38(46)36(41-32-24-22-30(26-28(32)3)44(4)7-2)37-43-51(48,49)35-20-17-16-19-34(35)45(37)5/h16-17,19-24,26-27H,6-15,18,25H2,1-5H3,(H,42,46). The average Bonchev–Trinajstić information content (AvgIpc) is 3.12. The van der Waals surface area contributed by atoms with Crippen LogP contribution in [0.2, 0.25) is 5.02 Å². The van der Waals surface area contributed by atoms with Gasteiger partial charge in [0.05, 0.1) is 34.3 Å². The van der Waals surface area contributed by atoms with Crippen LogP contribution >= 0.6 is 11.6 Å². The van der Waals surface area contributed by atoms with Crippen molar-refractivity contribution in [1.29, 1.82) is 0 Å². The van der Waals surface area contributed by atoms with Crippen LogP contribution in [-0.4, -0.2) is 59.1 Å². The highest BCUT2D eigenvalue weighted by atomic mass is 35.5. The fourth-order valence-corrected chi connectivity index (χ4v) is 7.19. The quantitative estimate of drug-likeness (QED) is 0.0786. The number of para-hydroxylation sites is 1. The fourth-order valence-electron chi connectivity index (χ4n) is 5.77. The average molecular weight is 736 g/mol. The van der Waals surface area contributed by atoms with Gasteiger partial charge >= 0.3 is 5.97 Å². The van der Waals surface area contributed by atoms with E-state index in [2.05, 4.69) is 26.5 Å². The first-order valence-electron chi connectivity index (χ1n) is 17.8. The molecule has 1 N–H and O–H groups in total. The van der Waals surface area contributed by atoms with Crippen molar-refractivity contribution in [3.05, 3.63) is 76.8 Å². The molecule has 274 valence electrons. The van der Waals surface area contributed by atoms with E-state index < -0.39 is 21.9 Å². The van der Waals surface area contributed by atoms with Gasteiger partial charge in [-0.2, -0.15) is 8.42 Å². The second-order valence-corrected chi connectivity index (χ2v) is 14.8. The molecule has 0 aromatic heterocycles. The van der Waals surface area contributed by atoms with Gasteiger partial charge < -0.3 is 19.9 Å². The summed E-state index contributed by atoms with van der Waals surface area (Å²) in [7, 11) is -0.563. The van der Waals surface area contributed by atoms with E-state index in [-0.39, 0.29) is 32.7 Å². The Bertz CT molecular complexity index is 1860. The summed E-state index contributed by atoms with van der Waals surface area (Å²) in [5.41, 5.74) is 2.65. The number of carbonyl (C=O) groups excluding carboxylic acids is 2. The van der Waals surface area contributed by atoms with Crippen LogP contribution in [0.5, 0.6) is 0 Å². The Balaban J connectivity index is 1.52. The molecule has 4 rings (SSSR count). The Morgan fingerprint density at radius 3 is 2.25 bits per heavy atom. The zero-order chi connectivity index (χ0) is 37.0. The highest BCUT2D eigenvalue weighted by Crippen LogP contribution is 2.32. The van der Waals surface area contributed by atoms with Gasteiger partial charge in [-0.15, -0.1) is 4.40 Å². The summed E-state index contributed by atoms with van der Waals surface area (Å²) in [6.07, 6.45) is 11.8. The van der Waals surface area contributed by atoms with E-state index in [0.717, 1.165) is 37.1 Å². The Hall–Kier alpha value is -4.22. The Morgan fingerprint density at radius 2 is 1.59 bits per heavy atom. The molecule has 10 nitrogen and oxygen atoms in total. The second kappa shape index (κ2) is 18.9. The third-order valence-electron chi connectivity index (χ3n) is 8.96. The number of amidine groups is 1. The van der Waals surface area contributed by atoms with Gasteiger partial charge in [-0.25, -0.2) is 9.79 Å². The van der Waals surface area contributed by atoms with Crippen molar-refractivity contribution in [2.45, 2.75) is 89.9 Å². The molecule has 0 aliphatic carbocycles. The molecule has 1 amide bonds. The van der Waals surface area contributed by atoms with E-state index in [9.17, 15) is 18.0 Å². The highest BCUT2D eigenvalue weighted by molar-refractivity contribution is 7.90. The van der Waals surface area contributed by atoms with E-state index in [0.29, 0.717) is 18.0 Å². The molecule has 0 unspecified atom stereocenters. The van der Waals surface area contributed by atoms with Gasteiger partial charge in [0.15, 0.2) is 11.5 Å². The molecule has 3 aromatic rings. The SMILES string of the molecule is CCCCCCCCCCCCOC(=O)c1ccc(Cl)c(NC(=O)C(=Nc2ccc(N(C)CC)cc2C)C2=NS(=O)(=O)c3ccccc3N2C)c1. The fraction of sp³-hybridized carbons (Fsp3) is 0.436. The molecule has 0 saturated heterocycles. The topological polar surface area (TPSA) is 121 Å². The number of anilines is 3. The first-order chi connectivity index (χ1) is 24.5. The molecule has 0 bridgehead atoms. The van der Waals surface area contributed by atoms with Crippen LogP contribution in [0.1, 0.15) is 94.0 Å². The molecule has 3 aromatic carbocycles. The van der Waals surface area contributed by atoms with Gasteiger partial charge in [-0.1, -0.05) is 88.4 Å². The summed E-state index contributed by atoms with van der Waals surface area (Å²) in [5, 5.41) is 2.92. The molecule has 0 radical (unpaired) electrons. The maximum Gasteiger partial charge on any atom is 0.338 e. The predicted octanol–water partition coefficient (Wildman–Crippen LogP) is 9.13. The number of amides is 1. The number of fused-ring (bicyclic) bond motifs is 1. The van der Waals surface area contributed by atoms with Crippen molar-refractivity contribution in [1.82, 2.24) is 0 Å². The number of halogens is 1. The molecule has 0 fully saturated rings. The number of esters is 1. The zero-order valence-corrected chi connectivity index (χ0v) is 31.9. The summed E-state index contributed by atoms with van der Waals surface area (Å²) in [5.74, 6) is -1.45. The van der Waals surface area contributed by atoms with Crippen LogP contribution in [0.15, 0.2) is 74.9 Å². The lowest BCUT2D eigenvalue weighted by atomic mass is 10.1. The van der Waals surface area contributed by atoms with Crippen LogP contribution in [0.4, 0.5) is 22.7 Å². The minimum Gasteiger partial charge on any atom is -0.462 e. The summed E-state index contributed by atoms with van der Waals surface area (Å²) in [4.78, 5) is 35.3. The van der Waals surface area contributed by atoms with Gasteiger partial charge in [0.1, 0.15) is 4.90 Å². The maximum absolute atomic E-state index is 14.1. The van der Waals surface area contributed by atoms with Crippen LogP contribution in [0.25, 0.3) is 0 Å². The summed E-state index contributed by atoms with van der Waals surface area (Å²) >= 11 is 6.50. The number of hydrogen-bond acceptors (Lipinski definition) is 8. The number of carbonyl (C=O) groups is 2. The number of ether oxygens (including phenoxy) is 1. The maximum atomic E-state index is 14.1. The van der Waals surface area contributed by atoms with E-state index >= 15 is 0 Å². The minimum absolute atomic E-state index is 0.0196. The van der Waals surface area contributed by atoms with Crippen molar-refractivity contribution in [3.8, 4) is 0 Å². The van der Waals surface area contributed by atoms with Crippen LogP contribution < -0.4 is 15.1 Å². The number of nitrogens with one attached hydrogen (secondary N) is 1. The molecular weight excluding hydrogens is 686 g/mol. The number of nitrogens with zero attached hydrogens (tertiary/aromatic N) is 4. The number of sulfonamides is 1. The van der Waals surface area contributed by atoms with Gasteiger partial charge in [-0.3, -0.25) is 4.79 Å². The van der Waals surface area contributed by atoms with Crippen molar-refractivity contribution in [2.24, 2.45) is 9.39 Å². The van der Waals surface area contributed by atoms with E-state index in [1.807, 2.05) is 33.0 Å². The Labute approximate surface area is 308 Å². The van der Waals surface area contributed by atoms with Gasteiger partial charge in [0.25, 0.3) is 15.9 Å². The monoisotopic (exact) mass is 735 g/mol. The number of rotatable bonds is 18. The number of aryl methyl sites for hydroxylation is 1. The second-order valence-electron chi connectivity index (χ2n) is 12.8. The van der Waals surface area contributed by atoms with Crippen LogP contribution in [0.3, 0.4) is 0 Å². The first-order valence-corrected chi connectivity index (χ1v) is 19.6. The van der Waals surface area contributed by atoms with Crippen molar-refractivity contribution in [3.63, 3.8) is 0 Å². The van der Waals surface area contributed by atoms with Crippen molar-refractivity contribution >= 4 is 67.8 Å². The van der Waals surface area contributed by atoms with E-state index in [1.165, 1.54) is 74.1 Å². The molecule has 1 aliphatic heterocycles. The smallest absolute Gasteiger partial charge is 0.338 e. The first kappa shape index (κ1) is 39.6. The lowest BCUT2D eigenvalue weighted by molar-refractivity contribution is -0.110. The van der Waals surface area contributed by atoms with E-state index in [1.54, 1.807) is 31.3 Å². The van der Waals surface area contributed by atoms with Crippen molar-refractivity contribution in [2.75, 3.05) is 42.4 Å². The summed E-state index contributed by atoms with van der Waals surface area (Å²) in [6, 6.07) is 16.5. The highest BCUT2D eigenvalue weighted by Gasteiger charge is 2.34. The zero-order valence-electron chi connectivity index (χ0n) is 30.4. The normalized spacial score (nSPS) is 13.7. The minimum atomic E-state index is -4.16. The molecular formula is C39H50ClN5O5S. The lowest BCUT2D eigenvalue weighted by Gasteiger charge is -2.27. The van der Waals surface area contributed by atoms with Crippen LogP contribution in [0, 0.1) is 6.92 Å². The molecule has 0 saturated carbocycles. The molecule has 0 atom stereocenters. The molecule has 1 aliphatic rings. The Morgan fingerprint density at radius 1 is 0.922 bits per heavy atom. The third-order valence-corrected chi connectivity index (χ3v) is 10.6. The summed E-state index contributed by atoms with van der Waals surface area (Å²) < 4.78 is 36.2. The lowest BCUT2D eigenvalue weighted by Crippen LogP contribution is -2.43. The van der Waals surface area contributed by atoms with Gasteiger partial charge in [0.2, 0.25) is 0 Å². The van der Waals surface area contributed by atoms with Gasteiger partial charge in [-0.05, 0) is 74.4 Å². The third kappa shape index (κ3) is 10.6. The number of hydrogen-bond donors (Lipinski definition) is 1. The molecule has 51 heavy (non-hydrogen) atoms. The molecule has 0 spiro atoms. The number of benzene rings is 3. The summed E-state index contributed by atoms with van der Waals surface area (Å²) in [6.45, 7) is 7.21. The molecule has 12 heteroatoms.